The van der Waals surface area contributed by atoms with E-state index < -0.39 is 9.84 Å². The third-order valence-electron chi connectivity index (χ3n) is 3.58. The molecule has 2 N–H and O–H groups in total. The van der Waals surface area contributed by atoms with E-state index in [-0.39, 0.29) is 23.5 Å². The normalized spacial score (nSPS) is 19.1. The first-order chi connectivity index (χ1) is 11.0. The molecule has 1 unspecified atom stereocenters. The number of carbonyl (C=O) groups is 1. The minimum absolute atomic E-state index is 0.0128. The minimum Gasteiger partial charge on any atom is -0.497 e. The van der Waals surface area contributed by atoms with E-state index in [1.54, 1.807) is 13.2 Å². The maximum atomic E-state index is 11.6. The molecule has 0 aromatic heterocycles. The van der Waals surface area contributed by atoms with Gasteiger partial charge in [-0.25, -0.2) is 13.2 Å². The van der Waals surface area contributed by atoms with Crippen molar-refractivity contribution < 1.29 is 22.7 Å². The average Bonchev–Trinajstić information content (AvgIpc) is 2.89. The van der Waals surface area contributed by atoms with Crippen LogP contribution in [0.15, 0.2) is 24.3 Å². The van der Waals surface area contributed by atoms with Crippen LogP contribution in [0.4, 0.5) is 4.79 Å². The number of hydrogen-bond donors (Lipinski definition) is 2. The van der Waals surface area contributed by atoms with Gasteiger partial charge in [-0.3, -0.25) is 0 Å². The maximum absolute atomic E-state index is 11.6. The predicted molar refractivity (Wildman–Crippen MR) is 86.7 cm³/mol. The fraction of sp³-hybridized carbons (Fsp3) is 0.533. The summed E-state index contributed by atoms with van der Waals surface area (Å²) in [5.74, 6) is 1.77. The number of ether oxygens (including phenoxy) is 2. The van der Waals surface area contributed by atoms with E-state index in [0.717, 1.165) is 0 Å². The quantitative estimate of drug-likeness (QED) is 0.715. The maximum Gasteiger partial charge on any atom is 0.314 e. The molecule has 128 valence electrons. The molecule has 1 aromatic rings. The van der Waals surface area contributed by atoms with Crippen molar-refractivity contribution in [2.45, 2.75) is 6.42 Å². The lowest BCUT2D eigenvalue weighted by atomic mass is 10.1. The summed E-state index contributed by atoms with van der Waals surface area (Å²) < 4.78 is 33.2. The van der Waals surface area contributed by atoms with E-state index in [0.29, 0.717) is 37.6 Å². The molecule has 1 aliphatic heterocycles. The molecule has 0 aliphatic carbocycles. The average molecular weight is 342 g/mol. The van der Waals surface area contributed by atoms with Crippen LogP contribution in [0.5, 0.6) is 11.5 Å². The molecule has 1 aliphatic rings. The molecule has 1 aromatic carbocycles. The van der Waals surface area contributed by atoms with Crippen LogP contribution < -0.4 is 20.1 Å². The number of urea groups is 1. The summed E-state index contributed by atoms with van der Waals surface area (Å²) in [6.45, 7) is 1.06. The summed E-state index contributed by atoms with van der Waals surface area (Å²) >= 11 is 0. The minimum atomic E-state index is -2.90. The molecule has 2 rings (SSSR count). The summed E-state index contributed by atoms with van der Waals surface area (Å²) in [4.78, 5) is 11.6. The van der Waals surface area contributed by atoms with E-state index in [1.165, 1.54) is 0 Å². The zero-order chi connectivity index (χ0) is 16.7. The third-order valence-corrected chi connectivity index (χ3v) is 5.41. The first kappa shape index (κ1) is 17.4. The van der Waals surface area contributed by atoms with Gasteiger partial charge in [0.25, 0.3) is 0 Å². The number of rotatable bonds is 7. The van der Waals surface area contributed by atoms with E-state index in [2.05, 4.69) is 10.6 Å². The summed E-state index contributed by atoms with van der Waals surface area (Å²) in [6.07, 6.45) is 0.613. The Hall–Kier alpha value is -1.96. The van der Waals surface area contributed by atoms with Gasteiger partial charge in [-0.05, 0) is 24.5 Å². The molecule has 1 fully saturated rings. The molecule has 0 radical (unpaired) electrons. The lowest BCUT2D eigenvalue weighted by Gasteiger charge is -2.11. The standard InChI is InChI=1S/C15H22N2O5S/c1-21-13-3-2-4-14(9-13)22-7-6-16-15(18)17-10-12-5-8-23(19,20)11-12/h2-4,9,12H,5-8,10-11H2,1H3,(H2,16,17,18). The van der Waals surface area contributed by atoms with E-state index >= 15 is 0 Å². The van der Waals surface area contributed by atoms with E-state index in [1.807, 2.05) is 18.2 Å². The highest BCUT2D eigenvalue weighted by molar-refractivity contribution is 7.91. The largest absolute Gasteiger partial charge is 0.497 e. The van der Waals surface area contributed by atoms with Crippen LogP contribution in [0.1, 0.15) is 6.42 Å². The lowest BCUT2D eigenvalue weighted by Crippen LogP contribution is -2.40. The van der Waals surface area contributed by atoms with Gasteiger partial charge in [0.2, 0.25) is 0 Å². The first-order valence-corrected chi connectivity index (χ1v) is 9.29. The number of methoxy groups -OCH3 is 1. The molecule has 0 saturated carbocycles. The zero-order valence-corrected chi connectivity index (χ0v) is 13.9. The van der Waals surface area contributed by atoms with Gasteiger partial charge in [-0.2, -0.15) is 0 Å². The number of nitrogens with one attached hydrogen (secondary N) is 2. The summed E-state index contributed by atoms with van der Waals surface area (Å²) in [6, 6.07) is 6.90. The number of benzene rings is 1. The van der Waals surface area contributed by atoms with Crippen molar-refractivity contribution in [1.29, 1.82) is 0 Å². The van der Waals surface area contributed by atoms with Crippen LogP contribution in [0.25, 0.3) is 0 Å². The second-order valence-corrected chi connectivity index (χ2v) is 7.66. The molecule has 1 heterocycles. The number of hydrogen-bond acceptors (Lipinski definition) is 5. The van der Waals surface area contributed by atoms with Crippen molar-refractivity contribution in [1.82, 2.24) is 10.6 Å². The third kappa shape index (κ3) is 5.97. The molecule has 23 heavy (non-hydrogen) atoms. The molecule has 8 heteroatoms. The van der Waals surface area contributed by atoms with Crippen molar-refractivity contribution in [3.8, 4) is 11.5 Å². The monoisotopic (exact) mass is 342 g/mol. The summed E-state index contributed by atoms with van der Waals surface area (Å²) in [5.41, 5.74) is 0. The van der Waals surface area contributed by atoms with Crippen LogP contribution in [-0.2, 0) is 9.84 Å². The Morgan fingerprint density at radius 1 is 1.30 bits per heavy atom. The second-order valence-electron chi connectivity index (χ2n) is 5.43. The van der Waals surface area contributed by atoms with Crippen LogP contribution in [-0.4, -0.2) is 52.8 Å². The molecule has 7 nitrogen and oxygen atoms in total. The Morgan fingerprint density at radius 2 is 2.09 bits per heavy atom. The van der Waals surface area contributed by atoms with Gasteiger partial charge in [0, 0.05) is 12.6 Å². The van der Waals surface area contributed by atoms with Crippen molar-refractivity contribution >= 4 is 15.9 Å². The Balaban J connectivity index is 1.59. The first-order valence-electron chi connectivity index (χ1n) is 7.47. The second kappa shape index (κ2) is 8.05. The SMILES string of the molecule is COc1cccc(OCCNC(=O)NCC2CCS(=O)(=O)C2)c1. The van der Waals surface area contributed by atoms with Crippen LogP contribution >= 0.6 is 0 Å². The highest BCUT2D eigenvalue weighted by atomic mass is 32.2. The predicted octanol–water partition coefficient (Wildman–Crippen LogP) is 0.808. The smallest absolute Gasteiger partial charge is 0.314 e. The van der Waals surface area contributed by atoms with Gasteiger partial charge < -0.3 is 20.1 Å². The molecule has 0 spiro atoms. The fourth-order valence-electron chi connectivity index (χ4n) is 2.36. The highest BCUT2D eigenvalue weighted by Crippen LogP contribution is 2.18. The van der Waals surface area contributed by atoms with Gasteiger partial charge in [0.05, 0.1) is 25.2 Å². The van der Waals surface area contributed by atoms with Crippen molar-refractivity contribution in [2.75, 3.05) is 38.3 Å². The van der Waals surface area contributed by atoms with Crippen molar-refractivity contribution in [2.24, 2.45) is 5.92 Å². The van der Waals surface area contributed by atoms with Gasteiger partial charge in [-0.1, -0.05) is 6.07 Å². The van der Waals surface area contributed by atoms with Gasteiger partial charge >= 0.3 is 6.03 Å². The van der Waals surface area contributed by atoms with Gasteiger partial charge in [0.15, 0.2) is 9.84 Å². The number of carbonyl (C=O) groups excluding carboxylic acids is 1. The Labute approximate surface area is 136 Å². The number of amides is 2. The highest BCUT2D eigenvalue weighted by Gasteiger charge is 2.27. The molecule has 0 bridgehead atoms. The zero-order valence-electron chi connectivity index (χ0n) is 13.1. The number of sulfone groups is 1. The van der Waals surface area contributed by atoms with Crippen LogP contribution in [0.2, 0.25) is 0 Å². The Kier molecular flexibility index (Phi) is 6.09. The van der Waals surface area contributed by atoms with Crippen LogP contribution in [0.3, 0.4) is 0 Å². The van der Waals surface area contributed by atoms with Gasteiger partial charge in [0.1, 0.15) is 18.1 Å². The van der Waals surface area contributed by atoms with Crippen molar-refractivity contribution in [3.63, 3.8) is 0 Å². The van der Waals surface area contributed by atoms with Crippen LogP contribution in [0, 0.1) is 5.92 Å². The molecule has 1 saturated heterocycles. The van der Waals surface area contributed by atoms with E-state index in [9.17, 15) is 13.2 Å². The molecular formula is C15H22N2O5S. The van der Waals surface area contributed by atoms with E-state index in [4.69, 9.17) is 9.47 Å². The summed E-state index contributed by atoms with van der Waals surface area (Å²) in [7, 11) is -1.32. The molecule has 2 amide bonds. The topological polar surface area (TPSA) is 93.7 Å². The fourth-order valence-corrected chi connectivity index (χ4v) is 4.22. The Bertz CT molecular complexity index is 633. The lowest BCUT2D eigenvalue weighted by molar-refractivity contribution is 0.235. The van der Waals surface area contributed by atoms with Gasteiger partial charge in [-0.15, -0.1) is 0 Å². The summed E-state index contributed by atoms with van der Waals surface area (Å²) in [5, 5.41) is 5.36. The Morgan fingerprint density at radius 3 is 2.78 bits per heavy atom. The molecular weight excluding hydrogens is 320 g/mol. The van der Waals surface area contributed by atoms with Crippen molar-refractivity contribution in [3.05, 3.63) is 24.3 Å². The molecule has 1 atom stereocenters.